The first-order valence-corrected chi connectivity index (χ1v) is 7.47. The molecule has 26 heavy (non-hydrogen) atoms. The molecule has 2 amide bonds. The van der Waals surface area contributed by atoms with Crippen LogP contribution in [0.3, 0.4) is 0 Å². The molecule has 0 saturated carbocycles. The highest BCUT2D eigenvalue weighted by molar-refractivity contribution is 6.05. The molecule has 0 aliphatic heterocycles. The lowest BCUT2D eigenvalue weighted by molar-refractivity contribution is -0.387. The van der Waals surface area contributed by atoms with Crippen LogP contribution in [0.4, 0.5) is 26.0 Å². The van der Waals surface area contributed by atoms with E-state index in [4.69, 9.17) is 0 Å². The van der Waals surface area contributed by atoms with Crippen LogP contribution in [0.2, 0.25) is 0 Å². The number of nitrogens with one attached hydrogen (secondary N) is 2. The van der Waals surface area contributed by atoms with E-state index in [9.17, 15) is 28.5 Å². The molecule has 0 saturated heterocycles. The van der Waals surface area contributed by atoms with Crippen molar-refractivity contribution in [2.45, 2.75) is 20.8 Å². The van der Waals surface area contributed by atoms with Gasteiger partial charge in [0.25, 0.3) is 5.91 Å². The number of halogens is 2. The van der Waals surface area contributed by atoms with Crippen LogP contribution in [-0.2, 0) is 4.79 Å². The minimum Gasteiger partial charge on any atom is -0.320 e. The molecule has 1 aromatic carbocycles. The number of rotatable bonds is 4. The third-order valence-corrected chi connectivity index (χ3v) is 2.82. The first kappa shape index (κ1) is 20.6. The van der Waals surface area contributed by atoms with Gasteiger partial charge >= 0.3 is 5.69 Å². The van der Waals surface area contributed by atoms with Gasteiger partial charge in [-0.1, -0.05) is 13.8 Å². The minimum atomic E-state index is -1.57. The SMILES string of the molecule is CC.CC(=O)Nc1ccc(NC(=O)c2c(F)ccc([N+](=O)[O-])c2F)cn1. The second-order valence-electron chi connectivity index (χ2n) is 4.58. The van der Waals surface area contributed by atoms with Gasteiger partial charge < -0.3 is 10.6 Å². The summed E-state index contributed by atoms with van der Waals surface area (Å²) in [5, 5.41) is 15.2. The molecule has 1 heterocycles. The zero-order chi connectivity index (χ0) is 19.9. The molecule has 2 aromatic rings. The molecule has 8 nitrogen and oxygen atoms in total. The van der Waals surface area contributed by atoms with E-state index in [0.29, 0.717) is 12.1 Å². The highest BCUT2D eigenvalue weighted by atomic mass is 19.1. The Balaban J connectivity index is 0.00000163. The first-order chi connectivity index (χ1) is 12.3. The van der Waals surface area contributed by atoms with Crippen molar-refractivity contribution < 1.29 is 23.3 Å². The minimum absolute atomic E-state index is 0.0828. The molecule has 0 aliphatic carbocycles. The molecule has 2 rings (SSSR count). The van der Waals surface area contributed by atoms with Crippen LogP contribution in [0.5, 0.6) is 0 Å². The number of anilines is 2. The number of nitro groups is 1. The van der Waals surface area contributed by atoms with Crippen LogP contribution in [0.1, 0.15) is 31.1 Å². The highest BCUT2D eigenvalue weighted by Gasteiger charge is 2.26. The summed E-state index contributed by atoms with van der Waals surface area (Å²) in [7, 11) is 0. The van der Waals surface area contributed by atoms with Crippen molar-refractivity contribution in [2.24, 2.45) is 0 Å². The summed E-state index contributed by atoms with van der Waals surface area (Å²) in [6.45, 7) is 5.28. The van der Waals surface area contributed by atoms with Gasteiger partial charge in [-0.2, -0.15) is 4.39 Å². The van der Waals surface area contributed by atoms with Crippen LogP contribution in [0.15, 0.2) is 30.5 Å². The summed E-state index contributed by atoms with van der Waals surface area (Å²) in [6.07, 6.45) is 1.15. The molecule has 0 aliphatic rings. The molecule has 138 valence electrons. The fourth-order valence-corrected chi connectivity index (χ4v) is 1.81. The van der Waals surface area contributed by atoms with E-state index in [-0.39, 0.29) is 17.4 Å². The van der Waals surface area contributed by atoms with Crippen molar-refractivity contribution in [1.29, 1.82) is 0 Å². The molecule has 0 radical (unpaired) electrons. The van der Waals surface area contributed by atoms with E-state index >= 15 is 0 Å². The summed E-state index contributed by atoms with van der Waals surface area (Å²) in [4.78, 5) is 36.3. The lowest BCUT2D eigenvalue weighted by Crippen LogP contribution is -2.17. The maximum Gasteiger partial charge on any atom is 0.305 e. The van der Waals surface area contributed by atoms with Gasteiger partial charge in [-0.15, -0.1) is 0 Å². The quantitative estimate of drug-likeness (QED) is 0.635. The number of aromatic nitrogens is 1. The molecule has 10 heteroatoms. The third-order valence-electron chi connectivity index (χ3n) is 2.82. The van der Waals surface area contributed by atoms with E-state index in [2.05, 4.69) is 15.6 Å². The Morgan fingerprint density at radius 1 is 1.12 bits per heavy atom. The molecule has 1 aromatic heterocycles. The highest BCUT2D eigenvalue weighted by Crippen LogP contribution is 2.24. The summed E-state index contributed by atoms with van der Waals surface area (Å²) in [5.74, 6) is -4.14. The van der Waals surface area contributed by atoms with Crippen LogP contribution < -0.4 is 10.6 Å². The number of carbonyl (C=O) groups excluding carboxylic acids is 2. The van der Waals surface area contributed by atoms with Crippen molar-refractivity contribution in [3.8, 4) is 0 Å². The lowest BCUT2D eigenvalue weighted by Gasteiger charge is -2.08. The number of nitrogens with zero attached hydrogens (tertiary/aromatic N) is 2. The van der Waals surface area contributed by atoms with Gasteiger partial charge in [-0.3, -0.25) is 19.7 Å². The Bertz CT molecular complexity index is 826. The molecular formula is C16H16F2N4O4. The van der Waals surface area contributed by atoms with E-state index in [1.807, 2.05) is 13.8 Å². The van der Waals surface area contributed by atoms with E-state index in [1.54, 1.807) is 0 Å². The number of hydrogen-bond donors (Lipinski definition) is 2. The third kappa shape index (κ3) is 5.03. The molecule has 0 atom stereocenters. The zero-order valence-electron chi connectivity index (χ0n) is 14.2. The first-order valence-electron chi connectivity index (χ1n) is 7.47. The van der Waals surface area contributed by atoms with Gasteiger partial charge in [0.15, 0.2) is 0 Å². The number of carbonyl (C=O) groups is 2. The largest absolute Gasteiger partial charge is 0.320 e. The topological polar surface area (TPSA) is 114 Å². The summed E-state index contributed by atoms with van der Waals surface area (Å²) < 4.78 is 27.6. The van der Waals surface area contributed by atoms with Crippen LogP contribution in [0.25, 0.3) is 0 Å². The van der Waals surface area contributed by atoms with Crippen LogP contribution >= 0.6 is 0 Å². The maximum absolute atomic E-state index is 13.9. The molecule has 0 spiro atoms. The summed E-state index contributed by atoms with van der Waals surface area (Å²) >= 11 is 0. The number of nitro benzene ring substituents is 1. The molecule has 0 unspecified atom stereocenters. The predicted molar refractivity (Wildman–Crippen MR) is 90.9 cm³/mol. The lowest BCUT2D eigenvalue weighted by atomic mass is 10.1. The fourth-order valence-electron chi connectivity index (χ4n) is 1.81. The molecular weight excluding hydrogens is 350 g/mol. The van der Waals surface area contributed by atoms with Crippen molar-refractivity contribution >= 4 is 29.0 Å². The average molecular weight is 366 g/mol. The van der Waals surface area contributed by atoms with Crippen molar-refractivity contribution in [2.75, 3.05) is 10.6 Å². The summed E-state index contributed by atoms with van der Waals surface area (Å²) in [5.41, 5.74) is -2.00. The predicted octanol–water partition coefficient (Wildman–Crippen LogP) is 3.50. The van der Waals surface area contributed by atoms with Gasteiger partial charge in [-0.25, -0.2) is 9.37 Å². The fraction of sp³-hybridized carbons (Fsp3) is 0.188. The number of pyridine rings is 1. The second-order valence-corrected chi connectivity index (χ2v) is 4.58. The second kappa shape index (κ2) is 9.16. The van der Waals surface area contributed by atoms with E-state index < -0.39 is 33.7 Å². The Labute approximate surface area is 147 Å². The van der Waals surface area contributed by atoms with Gasteiger partial charge in [0.05, 0.1) is 16.8 Å². The Kier molecular flexibility index (Phi) is 7.26. The Morgan fingerprint density at radius 3 is 2.27 bits per heavy atom. The van der Waals surface area contributed by atoms with Crippen LogP contribution in [-0.4, -0.2) is 21.7 Å². The van der Waals surface area contributed by atoms with Gasteiger partial charge in [0.2, 0.25) is 11.7 Å². The van der Waals surface area contributed by atoms with Crippen molar-refractivity contribution in [3.63, 3.8) is 0 Å². The molecule has 0 bridgehead atoms. The number of amides is 2. The summed E-state index contributed by atoms with van der Waals surface area (Å²) in [6, 6.07) is 3.96. The van der Waals surface area contributed by atoms with Gasteiger partial charge in [0, 0.05) is 13.0 Å². The smallest absolute Gasteiger partial charge is 0.305 e. The van der Waals surface area contributed by atoms with Crippen LogP contribution in [0, 0.1) is 21.7 Å². The van der Waals surface area contributed by atoms with Crippen molar-refractivity contribution in [1.82, 2.24) is 4.98 Å². The van der Waals surface area contributed by atoms with E-state index in [0.717, 1.165) is 6.20 Å². The maximum atomic E-state index is 13.9. The standard InChI is InChI=1S/C14H10F2N4O4.C2H6/c1-7(21)18-11-5-2-8(6-17-11)19-14(22)12-9(15)3-4-10(13(12)16)20(23)24;1-2/h2-6H,1H3,(H,19,22)(H,17,18,21);1-2H3. The Hall–Kier alpha value is -3.43. The van der Waals surface area contributed by atoms with Crippen molar-refractivity contribution in [3.05, 3.63) is 57.8 Å². The monoisotopic (exact) mass is 366 g/mol. The number of benzene rings is 1. The Morgan fingerprint density at radius 2 is 1.77 bits per heavy atom. The zero-order valence-corrected chi connectivity index (χ0v) is 14.2. The average Bonchev–Trinajstić information content (AvgIpc) is 2.57. The number of hydrogen-bond acceptors (Lipinski definition) is 5. The van der Waals surface area contributed by atoms with Gasteiger partial charge in [0.1, 0.15) is 17.2 Å². The van der Waals surface area contributed by atoms with E-state index in [1.165, 1.54) is 19.1 Å². The van der Waals surface area contributed by atoms with Gasteiger partial charge in [-0.05, 0) is 18.2 Å². The molecule has 0 fully saturated rings. The molecule has 2 N–H and O–H groups in total. The normalized spacial score (nSPS) is 9.58.